The number of hydrogen-bond donors (Lipinski definition) is 0. The predicted molar refractivity (Wildman–Crippen MR) is 137 cm³/mol. The first-order valence-corrected chi connectivity index (χ1v) is 13.1. The van der Waals surface area contributed by atoms with E-state index in [2.05, 4.69) is 10.8 Å². The highest BCUT2D eigenvalue weighted by molar-refractivity contribution is 7.87. The fourth-order valence-corrected chi connectivity index (χ4v) is 3.94. The van der Waals surface area contributed by atoms with Gasteiger partial charge in [-0.2, -0.15) is 8.42 Å². The lowest BCUT2D eigenvalue weighted by Gasteiger charge is -2.09. The molecule has 0 heterocycles. The van der Waals surface area contributed by atoms with Crippen LogP contribution in [0.5, 0.6) is 11.5 Å². The largest absolute Gasteiger partial charge is 0.494 e. The number of aryl methyl sites for hydroxylation is 1. The van der Waals surface area contributed by atoms with Gasteiger partial charge in [-0.3, -0.25) is 0 Å². The van der Waals surface area contributed by atoms with E-state index in [9.17, 15) is 27.2 Å². The van der Waals surface area contributed by atoms with Crippen molar-refractivity contribution in [1.29, 1.82) is 0 Å². The Labute approximate surface area is 224 Å². The van der Waals surface area contributed by atoms with Crippen LogP contribution in [0.1, 0.15) is 39.1 Å². The summed E-state index contributed by atoms with van der Waals surface area (Å²) in [6, 6.07) is 14.4. The number of unbranched alkanes of at least 4 members (excludes halogenated alkanes) is 1. The summed E-state index contributed by atoms with van der Waals surface area (Å²) in [5.74, 6) is -3.67. The summed E-state index contributed by atoms with van der Waals surface area (Å²) in [7, 11) is -4.41. The maximum absolute atomic E-state index is 14.6. The number of rotatable bonds is 12. The predicted octanol–water partition coefficient (Wildman–Crippen LogP) is 4.79. The van der Waals surface area contributed by atoms with Gasteiger partial charge in [0, 0.05) is 6.08 Å². The van der Waals surface area contributed by atoms with E-state index in [1.807, 2.05) is 0 Å². The molecule has 0 bridgehead atoms. The van der Waals surface area contributed by atoms with Gasteiger partial charge < -0.3 is 18.4 Å². The lowest BCUT2D eigenvalue weighted by atomic mass is 10.2. The molecule has 0 aliphatic rings. The first-order chi connectivity index (χ1) is 18.6. The molecule has 11 heteroatoms. The van der Waals surface area contributed by atoms with Crippen molar-refractivity contribution < 1.29 is 45.6 Å². The fraction of sp³-hybridized carbons (Fsp3) is 0.179. The van der Waals surface area contributed by atoms with Crippen LogP contribution in [0.3, 0.4) is 0 Å². The van der Waals surface area contributed by atoms with E-state index in [0.717, 1.165) is 23.8 Å². The van der Waals surface area contributed by atoms with Gasteiger partial charge in [0.15, 0.2) is 11.6 Å². The lowest BCUT2D eigenvalue weighted by molar-refractivity contribution is -0.137. The van der Waals surface area contributed by atoms with Crippen LogP contribution >= 0.6 is 0 Å². The van der Waals surface area contributed by atoms with Crippen LogP contribution in [0.4, 0.5) is 4.39 Å². The molecule has 3 rings (SSSR count). The van der Waals surface area contributed by atoms with E-state index in [4.69, 9.17) is 14.2 Å². The molecule has 0 atom stereocenters. The Balaban J connectivity index is 1.53. The van der Waals surface area contributed by atoms with Gasteiger partial charge in [-0.15, -0.1) is 0 Å². The number of hydrogen-bond acceptors (Lipinski definition) is 9. The molecule has 39 heavy (non-hydrogen) atoms. The van der Waals surface area contributed by atoms with E-state index in [1.54, 1.807) is 19.1 Å². The Morgan fingerprint density at radius 3 is 2.15 bits per heavy atom. The standard InChI is InChI=1S/C28H25FO9S/c1-3-26(30)36-17-5-4-16-35-22-11-8-20(9-12-22)27(31)37-25-15-10-21(18-24(25)29)28(32)38-39(33,34)23-13-6-19(2)7-14-23/h3,6-15,18H,1,4-5,16-17H2,2H3. The van der Waals surface area contributed by atoms with Crippen LogP contribution in [-0.2, 0) is 23.8 Å². The first kappa shape index (κ1) is 29.1. The summed E-state index contributed by atoms with van der Waals surface area (Å²) in [6.45, 7) is 5.69. The van der Waals surface area contributed by atoms with E-state index < -0.39 is 39.6 Å². The smallest absolute Gasteiger partial charge is 0.354 e. The van der Waals surface area contributed by atoms with Crippen molar-refractivity contribution in [2.75, 3.05) is 13.2 Å². The second kappa shape index (κ2) is 13.3. The molecule has 0 N–H and O–H groups in total. The van der Waals surface area contributed by atoms with Crippen LogP contribution in [-0.4, -0.2) is 39.5 Å². The van der Waals surface area contributed by atoms with E-state index in [1.165, 1.54) is 36.4 Å². The average Bonchev–Trinajstić information content (AvgIpc) is 2.91. The number of carbonyl (C=O) groups excluding carboxylic acids is 3. The van der Waals surface area contributed by atoms with Gasteiger partial charge in [0.2, 0.25) is 0 Å². The van der Waals surface area contributed by atoms with Crippen molar-refractivity contribution in [2.24, 2.45) is 0 Å². The number of ether oxygens (including phenoxy) is 3. The molecule has 0 spiro atoms. The molecule has 9 nitrogen and oxygen atoms in total. The summed E-state index contributed by atoms with van der Waals surface area (Å²) in [6.07, 6.45) is 2.33. The molecule has 0 aliphatic carbocycles. The Morgan fingerprint density at radius 1 is 0.872 bits per heavy atom. The number of halogens is 1. The molecule has 204 valence electrons. The molecule has 0 fully saturated rings. The number of carbonyl (C=O) groups is 3. The van der Waals surface area contributed by atoms with Gasteiger partial charge in [-0.25, -0.2) is 18.8 Å². The van der Waals surface area contributed by atoms with E-state index in [-0.39, 0.29) is 22.6 Å². The molecule has 0 aromatic heterocycles. The Bertz CT molecular complexity index is 1450. The van der Waals surface area contributed by atoms with Crippen LogP contribution < -0.4 is 9.47 Å². The SMILES string of the molecule is C=CC(=O)OCCCCOc1ccc(C(=O)Oc2ccc(C(=O)OS(=O)(=O)c3ccc(C)cc3)cc2F)cc1. The highest BCUT2D eigenvalue weighted by Gasteiger charge is 2.23. The van der Waals surface area contributed by atoms with Gasteiger partial charge in [0.25, 0.3) is 0 Å². The van der Waals surface area contributed by atoms with Crippen LogP contribution in [0, 0.1) is 12.7 Å². The zero-order chi connectivity index (χ0) is 28.4. The maximum atomic E-state index is 14.6. The molecule has 0 unspecified atom stereocenters. The highest BCUT2D eigenvalue weighted by Crippen LogP contribution is 2.22. The van der Waals surface area contributed by atoms with Gasteiger partial charge in [0.1, 0.15) is 10.6 Å². The summed E-state index contributed by atoms with van der Waals surface area (Å²) in [5, 5.41) is 0. The minimum absolute atomic E-state index is 0.116. The molecular weight excluding hydrogens is 531 g/mol. The van der Waals surface area contributed by atoms with Crippen LogP contribution in [0.25, 0.3) is 0 Å². The molecule has 0 radical (unpaired) electrons. The monoisotopic (exact) mass is 556 g/mol. The zero-order valence-electron chi connectivity index (χ0n) is 20.9. The van der Waals surface area contributed by atoms with Crippen LogP contribution in [0.2, 0.25) is 0 Å². The van der Waals surface area contributed by atoms with Gasteiger partial charge in [-0.05, 0) is 74.4 Å². The molecule has 0 saturated heterocycles. The Kier molecular flexibility index (Phi) is 9.93. The molecule has 3 aromatic carbocycles. The second-order valence-electron chi connectivity index (χ2n) is 8.12. The first-order valence-electron chi connectivity index (χ1n) is 11.7. The minimum atomic E-state index is -4.41. The van der Waals surface area contributed by atoms with Gasteiger partial charge in [0.05, 0.1) is 24.3 Å². The Morgan fingerprint density at radius 2 is 1.51 bits per heavy atom. The topological polar surface area (TPSA) is 122 Å². The number of esters is 2. The quantitative estimate of drug-likeness (QED) is 0.102. The second-order valence-corrected chi connectivity index (χ2v) is 9.67. The van der Waals surface area contributed by atoms with Gasteiger partial charge >= 0.3 is 28.0 Å². The lowest BCUT2D eigenvalue weighted by Crippen LogP contribution is -2.14. The third-order valence-electron chi connectivity index (χ3n) is 5.17. The van der Waals surface area contributed by atoms with Crippen molar-refractivity contribution >= 4 is 28.0 Å². The molecule has 0 saturated carbocycles. The van der Waals surface area contributed by atoms with Crippen LogP contribution in [0.15, 0.2) is 84.3 Å². The van der Waals surface area contributed by atoms with Crippen molar-refractivity contribution in [1.82, 2.24) is 0 Å². The molecule has 0 amide bonds. The normalized spacial score (nSPS) is 10.8. The zero-order valence-corrected chi connectivity index (χ0v) is 21.7. The van der Waals surface area contributed by atoms with Gasteiger partial charge in [-0.1, -0.05) is 24.3 Å². The van der Waals surface area contributed by atoms with Crippen molar-refractivity contribution in [2.45, 2.75) is 24.7 Å². The minimum Gasteiger partial charge on any atom is -0.494 e. The van der Waals surface area contributed by atoms with Crippen molar-refractivity contribution in [3.8, 4) is 11.5 Å². The number of benzene rings is 3. The fourth-order valence-electron chi connectivity index (χ4n) is 3.08. The van der Waals surface area contributed by atoms with Crippen molar-refractivity contribution in [3.05, 3.63) is 102 Å². The third-order valence-corrected chi connectivity index (χ3v) is 6.39. The summed E-state index contributed by atoms with van der Waals surface area (Å²) < 4.78 is 59.2. The summed E-state index contributed by atoms with van der Waals surface area (Å²) in [4.78, 5) is 35.5. The highest BCUT2D eigenvalue weighted by atomic mass is 32.2. The third kappa shape index (κ3) is 8.50. The molecule has 0 aliphatic heterocycles. The van der Waals surface area contributed by atoms with Crippen molar-refractivity contribution in [3.63, 3.8) is 0 Å². The maximum Gasteiger partial charge on any atom is 0.354 e. The summed E-state index contributed by atoms with van der Waals surface area (Å²) in [5.41, 5.74) is 0.545. The van der Waals surface area contributed by atoms with E-state index in [0.29, 0.717) is 31.3 Å². The molecular formula is C28H25FO9S. The summed E-state index contributed by atoms with van der Waals surface area (Å²) >= 11 is 0. The van der Waals surface area contributed by atoms with E-state index >= 15 is 0 Å². The molecule has 3 aromatic rings. The average molecular weight is 557 g/mol. The Hall–Kier alpha value is -4.51.